The molecular formula is C15H25NO2. The summed E-state index contributed by atoms with van der Waals surface area (Å²) >= 11 is 0. The molecule has 0 aliphatic heterocycles. The van der Waals surface area contributed by atoms with E-state index < -0.39 is 0 Å². The second kappa shape index (κ2) is 7.27. The molecule has 18 heavy (non-hydrogen) atoms. The average Bonchev–Trinajstić information content (AvgIpc) is 2.43. The van der Waals surface area contributed by atoms with Gasteiger partial charge in [-0.1, -0.05) is 33.3 Å². The summed E-state index contributed by atoms with van der Waals surface area (Å²) in [5.41, 5.74) is 1.25. The molecule has 3 nitrogen and oxygen atoms in total. The summed E-state index contributed by atoms with van der Waals surface area (Å²) in [7, 11) is 3.33. The van der Waals surface area contributed by atoms with E-state index >= 15 is 0 Å². The first-order valence-electron chi connectivity index (χ1n) is 6.63. The molecule has 1 aromatic carbocycles. The number of nitrogens with one attached hydrogen (secondary N) is 1. The van der Waals surface area contributed by atoms with Crippen molar-refractivity contribution in [1.29, 1.82) is 0 Å². The van der Waals surface area contributed by atoms with Gasteiger partial charge in [0.15, 0.2) is 11.5 Å². The number of benzene rings is 1. The highest BCUT2D eigenvalue weighted by atomic mass is 16.5. The van der Waals surface area contributed by atoms with Gasteiger partial charge in [0.1, 0.15) is 0 Å². The molecule has 0 aliphatic carbocycles. The monoisotopic (exact) mass is 251 g/mol. The van der Waals surface area contributed by atoms with Crippen LogP contribution in [-0.4, -0.2) is 20.8 Å². The van der Waals surface area contributed by atoms with Crippen LogP contribution in [0.3, 0.4) is 0 Å². The molecule has 2 unspecified atom stereocenters. The first kappa shape index (κ1) is 14.8. The lowest BCUT2D eigenvalue weighted by Gasteiger charge is -2.25. The minimum atomic E-state index is 0.361. The lowest BCUT2D eigenvalue weighted by Crippen LogP contribution is -2.26. The van der Waals surface area contributed by atoms with E-state index in [1.165, 1.54) is 5.56 Å². The van der Waals surface area contributed by atoms with Gasteiger partial charge < -0.3 is 14.8 Å². The minimum Gasteiger partial charge on any atom is -0.493 e. The Bertz CT molecular complexity index is 366. The van der Waals surface area contributed by atoms with Crippen LogP contribution in [0, 0.1) is 5.92 Å². The molecular weight excluding hydrogens is 226 g/mol. The summed E-state index contributed by atoms with van der Waals surface area (Å²) in [6, 6.07) is 6.51. The Morgan fingerprint density at radius 3 is 2.28 bits per heavy atom. The Labute approximate surface area is 110 Å². The highest BCUT2D eigenvalue weighted by molar-refractivity contribution is 5.43. The zero-order valence-corrected chi connectivity index (χ0v) is 12.1. The fourth-order valence-corrected chi connectivity index (χ4v) is 2.15. The fraction of sp³-hybridized carbons (Fsp3) is 0.600. The first-order chi connectivity index (χ1) is 8.67. The predicted octanol–water partition coefficient (Wildman–Crippen LogP) is 3.40. The Hall–Kier alpha value is -1.22. The van der Waals surface area contributed by atoms with Crippen molar-refractivity contribution in [2.45, 2.75) is 33.2 Å². The van der Waals surface area contributed by atoms with Crippen LogP contribution in [-0.2, 0) is 0 Å². The van der Waals surface area contributed by atoms with Gasteiger partial charge >= 0.3 is 0 Å². The van der Waals surface area contributed by atoms with Crippen LogP contribution in [0.25, 0.3) is 0 Å². The van der Waals surface area contributed by atoms with Gasteiger partial charge in [-0.15, -0.1) is 0 Å². The molecule has 0 saturated heterocycles. The van der Waals surface area contributed by atoms with Gasteiger partial charge in [-0.05, 0) is 30.2 Å². The Balaban J connectivity index is 3.04. The Morgan fingerprint density at radius 1 is 1.11 bits per heavy atom. The van der Waals surface area contributed by atoms with Crippen molar-refractivity contribution < 1.29 is 9.47 Å². The van der Waals surface area contributed by atoms with Crippen LogP contribution < -0.4 is 14.8 Å². The molecule has 2 atom stereocenters. The standard InChI is InChI=1S/C15H25NO2/c1-6-11(3)15(16-7-2)12-8-9-13(17-4)14(10-12)18-5/h8-11,15-16H,6-7H2,1-5H3. The van der Waals surface area contributed by atoms with Crippen LogP contribution >= 0.6 is 0 Å². The maximum absolute atomic E-state index is 5.37. The SMILES string of the molecule is CCNC(c1ccc(OC)c(OC)c1)C(C)CC. The number of ether oxygens (including phenoxy) is 2. The second-order valence-corrected chi connectivity index (χ2v) is 4.54. The van der Waals surface area contributed by atoms with Crippen molar-refractivity contribution in [3.8, 4) is 11.5 Å². The molecule has 0 radical (unpaired) electrons. The second-order valence-electron chi connectivity index (χ2n) is 4.54. The highest BCUT2D eigenvalue weighted by Crippen LogP contribution is 2.32. The molecule has 0 fully saturated rings. The van der Waals surface area contributed by atoms with Gasteiger partial charge in [-0.2, -0.15) is 0 Å². The molecule has 3 heteroatoms. The Kier molecular flexibility index (Phi) is 5.99. The fourth-order valence-electron chi connectivity index (χ4n) is 2.15. The summed E-state index contributed by atoms with van der Waals surface area (Å²) < 4.78 is 10.6. The first-order valence-corrected chi connectivity index (χ1v) is 6.63. The lowest BCUT2D eigenvalue weighted by atomic mass is 9.92. The maximum Gasteiger partial charge on any atom is 0.161 e. The van der Waals surface area contributed by atoms with Crippen molar-refractivity contribution in [2.75, 3.05) is 20.8 Å². The van der Waals surface area contributed by atoms with Crippen molar-refractivity contribution in [3.63, 3.8) is 0 Å². The summed E-state index contributed by atoms with van der Waals surface area (Å²) in [4.78, 5) is 0. The average molecular weight is 251 g/mol. The molecule has 0 heterocycles. The number of rotatable bonds is 7. The van der Waals surface area contributed by atoms with E-state index in [4.69, 9.17) is 9.47 Å². The molecule has 0 spiro atoms. The van der Waals surface area contributed by atoms with Crippen LogP contribution in [0.15, 0.2) is 18.2 Å². The van der Waals surface area contributed by atoms with E-state index in [0.717, 1.165) is 24.5 Å². The minimum absolute atomic E-state index is 0.361. The van der Waals surface area contributed by atoms with Crippen LogP contribution in [0.4, 0.5) is 0 Å². The zero-order chi connectivity index (χ0) is 13.5. The molecule has 1 aromatic rings. The van der Waals surface area contributed by atoms with Gasteiger partial charge in [0.2, 0.25) is 0 Å². The molecule has 102 valence electrons. The van der Waals surface area contributed by atoms with E-state index in [0.29, 0.717) is 12.0 Å². The van der Waals surface area contributed by atoms with Gasteiger partial charge in [-0.3, -0.25) is 0 Å². The van der Waals surface area contributed by atoms with Crippen molar-refractivity contribution in [1.82, 2.24) is 5.32 Å². The summed E-state index contributed by atoms with van der Waals surface area (Å²) in [5, 5.41) is 3.54. The van der Waals surface area contributed by atoms with E-state index in [9.17, 15) is 0 Å². The molecule has 1 N–H and O–H groups in total. The summed E-state index contributed by atoms with van der Waals surface area (Å²) in [5.74, 6) is 2.16. The van der Waals surface area contributed by atoms with E-state index in [1.54, 1.807) is 14.2 Å². The largest absolute Gasteiger partial charge is 0.493 e. The van der Waals surface area contributed by atoms with Crippen molar-refractivity contribution in [3.05, 3.63) is 23.8 Å². The summed E-state index contributed by atoms with van der Waals surface area (Å²) in [6.07, 6.45) is 1.14. The molecule has 0 bridgehead atoms. The molecule has 1 rings (SSSR count). The van der Waals surface area contributed by atoms with Crippen LogP contribution in [0.5, 0.6) is 11.5 Å². The van der Waals surface area contributed by atoms with Crippen LogP contribution in [0.2, 0.25) is 0 Å². The third kappa shape index (κ3) is 3.39. The third-order valence-corrected chi connectivity index (χ3v) is 3.40. The molecule has 0 saturated carbocycles. The van der Waals surface area contributed by atoms with E-state index in [-0.39, 0.29) is 0 Å². The van der Waals surface area contributed by atoms with Gasteiger partial charge in [0, 0.05) is 6.04 Å². The zero-order valence-electron chi connectivity index (χ0n) is 12.1. The van der Waals surface area contributed by atoms with Gasteiger partial charge in [-0.25, -0.2) is 0 Å². The number of hydrogen-bond donors (Lipinski definition) is 1. The molecule has 0 aliphatic rings. The van der Waals surface area contributed by atoms with Crippen molar-refractivity contribution >= 4 is 0 Å². The third-order valence-electron chi connectivity index (χ3n) is 3.40. The smallest absolute Gasteiger partial charge is 0.161 e. The summed E-state index contributed by atoms with van der Waals surface area (Å²) in [6.45, 7) is 7.58. The highest BCUT2D eigenvalue weighted by Gasteiger charge is 2.18. The van der Waals surface area contributed by atoms with E-state index in [2.05, 4.69) is 38.2 Å². The lowest BCUT2D eigenvalue weighted by molar-refractivity contribution is 0.349. The predicted molar refractivity (Wildman–Crippen MR) is 75.4 cm³/mol. The Morgan fingerprint density at radius 2 is 1.78 bits per heavy atom. The topological polar surface area (TPSA) is 30.5 Å². The maximum atomic E-state index is 5.37. The number of methoxy groups -OCH3 is 2. The van der Waals surface area contributed by atoms with Crippen LogP contribution in [0.1, 0.15) is 38.8 Å². The van der Waals surface area contributed by atoms with Gasteiger partial charge in [0.05, 0.1) is 14.2 Å². The quantitative estimate of drug-likeness (QED) is 0.805. The normalized spacial score (nSPS) is 14.1. The van der Waals surface area contributed by atoms with E-state index in [1.807, 2.05) is 6.07 Å². The van der Waals surface area contributed by atoms with Crippen molar-refractivity contribution in [2.24, 2.45) is 5.92 Å². The van der Waals surface area contributed by atoms with Gasteiger partial charge in [0.25, 0.3) is 0 Å². The number of hydrogen-bond acceptors (Lipinski definition) is 3. The molecule has 0 aromatic heterocycles. The molecule has 0 amide bonds.